The number of aliphatic hydroxyl groups is 1. The number of hydrogen-bond donors (Lipinski definition) is 3. The van der Waals surface area contributed by atoms with Crippen molar-refractivity contribution in [3.63, 3.8) is 0 Å². The highest BCUT2D eigenvalue weighted by Gasteiger charge is 2.26. The summed E-state index contributed by atoms with van der Waals surface area (Å²) < 4.78 is 19.9. The molecule has 1 aromatic carbocycles. The lowest BCUT2D eigenvalue weighted by atomic mass is 9.92. The number of aromatic nitrogens is 2. The summed E-state index contributed by atoms with van der Waals surface area (Å²) >= 11 is 0. The highest BCUT2D eigenvalue weighted by atomic mass is 19.1. The van der Waals surface area contributed by atoms with Crippen LogP contribution in [0.15, 0.2) is 24.4 Å². The van der Waals surface area contributed by atoms with E-state index in [1.54, 1.807) is 6.92 Å². The maximum Gasteiger partial charge on any atom is 0.275 e. The largest absolute Gasteiger partial charge is 0.504 e. The summed E-state index contributed by atoms with van der Waals surface area (Å²) in [6.07, 6.45) is 2.16. The second-order valence-corrected chi connectivity index (χ2v) is 6.51. The van der Waals surface area contributed by atoms with Crippen LogP contribution in [0.1, 0.15) is 22.5 Å². The number of nitrogens with one attached hydrogen (secondary N) is 1. The summed E-state index contributed by atoms with van der Waals surface area (Å²) in [5, 5.41) is 26.4. The number of carbonyl (C=O) groups excluding carboxylic acids is 1. The molecule has 0 unspecified atom stereocenters. The molecule has 2 heterocycles. The van der Waals surface area contributed by atoms with Gasteiger partial charge in [-0.25, -0.2) is 9.07 Å². The zero-order valence-corrected chi connectivity index (χ0v) is 14.5. The second kappa shape index (κ2) is 7.84. The van der Waals surface area contributed by atoms with Crippen LogP contribution in [0.2, 0.25) is 0 Å². The molecule has 0 saturated carbocycles. The van der Waals surface area contributed by atoms with Gasteiger partial charge in [-0.2, -0.15) is 5.10 Å². The van der Waals surface area contributed by atoms with Crippen LogP contribution in [-0.4, -0.2) is 52.3 Å². The van der Waals surface area contributed by atoms with Crippen LogP contribution in [0.3, 0.4) is 0 Å². The van der Waals surface area contributed by atoms with E-state index in [2.05, 4.69) is 10.4 Å². The predicted octanol–water partition coefficient (Wildman–Crippen LogP) is 1.40. The SMILES string of the molecule is Cc1cc(F)ccc1-n1cc(O)c(C(=O)NC[C@@H](CO)[C@@H]2CCOC2)n1. The van der Waals surface area contributed by atoms with Gasteiger partial charge in [0.25, 0.3) is 5.91 Å². The van der Waals surface area contributed by atoms with Crippen molar-refractivity contribution in [2.45, 2.75) is 13.3 Å². The van der Waals surface area contributed by atoms with E-state index in [4.69, 9.17) is 4.74 Å². The smallest absolute Gasteiger partial charge is 0.275 e. The molecule has 1 fully saturated rings. The van der Waals surface area contributed by atoms with Crippen molar-refractivity contribution in [1.29, 1.82) is 0 Å². The Labute approximate surface area is 150 Å². The molecule has 1 saturated heterocycles. The number of nitrogens with zero attached hydrogens (tertiary/aromatic N) is 2. The molecule has 2 aromatic rings. The van der Waals surface area contributed by atoms with Crippen molar-refractivity contribution in [2.24, 2.45) is 11.8 Å². The number of carbonyl (C=O) groups is 1. The molecular weight excluding hydrogens is 341 g/mol. The van der Waals surface area contributed by atoms with E-state index in [0.717, 1.165) is 6.42 Å². The van der Waals surface area contributed by atoms with Gasteiger partial charge in [-0.05, 0) is 43.0 Å². The number of ether oxygens (including phenoxy) is 1. The quantitative estimate of drug-likeness (QED) is 0.721. The summed E-state index contributed by atoms with van der Waals surface area (Å²) in [7, 11) is 0. The van der Waals surface area contributed by atoms with E-state index < -0.39 is 5.91 Å². The molecule has 8 heteroatoms. The minimum Gasteiger partial charge on any atom is -0.504 e. The molecule has 0 aliphatic carbocycles. The lowest BCUT2D eigenvalue weighted by Gasteiger charge is -2.20. The summed E-state index contributed by atoms with van der Waals surface area (Å²) in [5.41, 5.74) is 1.08. The predicted molar refractivity (Wildman–Crippen MR) is 91.8 cm³/mol. The Morgan fingerprint density at radius 1 is 1.54 bits per heavy atom. The first-order valence-corrected chi connectivity index (χ1v) is 8.51. The Morgan fingerprint density at radius 2 is 2.35 bits per heavy atom. The van der Waals surface area contributed by atoms with Crippen LogP contribution in [0, 0.1) is 24.6 Å². The molecule has 3 rings (SSSR count). The number of rotatable bonds is 6. The van der Waals surface area contributed by atoms with Gasteiger partial charge < -0.3 is 20.3 Å². The Balaban J connectivity index is 1.70. The Kier molecular flexibility index (Phi) is 5.53. The summed E-state index contributed by atoms with van der Waals surface area (Å²) in [5.74, 6) is -1.07. The Bertz CT molecular complexity index is 787. The second-order valence-electron chi connectivity index (χ2n) is 6.51. The zero-order chi connectivity index (χ0) is 18.7. The summed E-state index contributed by atoms with van der Waals surface area (Å²) in [6.45, 7) is 3.17. The molecule has 0 spiro atoms. The van der Waals surface area contributed by atoms with Crippen molar-refractivity contribution in [1.82, 2.24) is 15.1 Å². The number of amides is 1. The van der Waals surface area contributed by atoms with Crippen LogP contribution >= 0.6 is 0 Å². The van der Waals surface area contributed by atoms with Gasteiger partial charge in [0.2, 0.25) is 0 Å². The van der Waals surface area contributed by atoms with Gasteiger partial charge in [-0.3, -0.25) is 4.79 Å². The third-order valence-electron chi connectivity index (χ3n) is 4.71. The fraction of sp³-hybridized carbons (Fsp3) is 0.444. The van der Waals surface area contributed by atoms with Crippen molar-refractivity contribution in [3.8, 4) is 11.4 Å². The monoisotopic (exact) mass is 363 g/mol. The average Bonchev–Trinajstić information content (AvgIpc) is 3.25. The molecule has 1 aromatic heterocycles. The minimum absolute atomic E-state index is 0.0521. The lowest BCUT2D eigenvalue weighted by Crippen LogP contribution is -2.35. The van der Waals surface area contributed by atoms with Crippen LogP contribution in [0.4, 0.5) is 4.39 Å². The van der Waals surface area contributed by atoms with Gasteiger partial charge in [-0.15, -0.1) is 0 Å². The number of aromatic hydroxyl groups is 1. The average molecular weight is 363 g/mol. The van der Waals surface area contributed by atoms with E-state index in [0.29, 0.717) is 24.5 Å². The van der Waals surface area contributed by atoms with Crippen molar-refractivity contribution < 1.29 is 24.1 Å². The molecule has 26 heavy (non-hydrogen) atoms. The molecule has 1 aliphatic heterocycles. The molecule has 7 nitrogen and oxygen atoms in total. The first kappa shape index (κ1) is 18.3. The van der Waals surface area contributed by atoms with Gasteiger partial charge in [0, 0.05) is 32.3 Å². The maximum absolute atomic E-state index is 13.2. The Morgan fingerprint density at radius 3 is 3.00 bits per heavy atom. The zero-order valence-electron chi connectivity index (χ0n) is 14.5. The Hall–Kier alpha value is -2.45. The topological polar surface area (TPSA) is 96.6 Å². The molecular formula is C18H22FN3O4. The third-order valence-corrected chi connectivity index (χ3v) is 4.71. The van der Waals surface area contributed by atoms with Gasteiger partial charge >= 0.3 is 0 Å². The van der Waals surface area contributed by atoms with Crippen LogP contribution in [-0.2, 0) is 4.74 Å². The minimum atomic E-state index is -0.529. The number of halogens is 1. The molecule has 1 amide bonds. The van der Waals surface area contributed by atoms with Crippen molar-refractivity contribution in [3.05, 3.63) is 41.5 Å². The van der Waals surface area contributed by atoms with Crippen LogP contribution in [0.5, 0.6) is 5.75 Å². The molecule has 3 N–H and O–H groups in total. The van der Waals surface area contributed by atoms with E-state index in [-0.39, 0.29) is 42.2 Å². The fourth-order valence-corrected chi connectivity index (χ4v) is 3.14. The summed E-state index contributed by atoms with van der Waals surface area (Å²) in [6, 6.07) is 4.17. The van der Waals surface area contributed by atoms with Crippen LogP contribution < -0.4 is 5.32 Å². The van der Waals surface area contributed by atoms with Gasteiger partial charge in [-0.1, -0.05) is 0 Å². The molecule has 0 bridgehead atoms. The van der Waals surface area contributed by atoms with Gasteiger partial charge in [0.05, 0.1) is 11.9 Å². The number of aryl methyl sites for hydroxylation is 1. The molecule has 1 aliphatic rings. The van der Waals surface area contributed by atoms with Gasteiger partial charge in [0.15, 0.2) is 11.4 Å². The van der Waals surface area contributed by atoms with E-state index in [9.17, 15) is 19.4 Å². The maximum atomic E-state index is 13.2. The van der Waals surface area contributed by atoms with Gasteiger partial charge in [0.1, 0.15) is 5.82 Å². The van der Waals surface area contributed by atoms with E-state index in [1.165, 1.54) is 29.1 Å². The first-order chi connectivity index (χ1) is 12.5. The lowest BCUT2D eigenvalue weighted by molar-refractivity contribution is 0.0910. The highest BCUT2D eigenvalue weighted by molar-refractivity contribution is 5.94. The normalized spacial score (nSPS) is 18.0. The molecule has 2 atom stereocenters. The number of aliphatic hydroxyl groups excluding tert-OH is 1. The standard InChI is InChI=1S/C18H22FN3O4/c1-11-6-14(19)2-3-15(11)22-8-16(24)17(21-22)18(25)20-7-13(9-23)12-4-5-26-10-12/h2-3,6,8,12-13,23-24H,4-5,7,9-10H2,1H3,(H,20,25)/t12-,13+/m1/s1. The van der Waals surface area contributed by atoms with Crippen molar-refractivity contribution >= 4 is 5.91 Å². The van der Waals surface area contributed by atoms with Crippen molar-refractivity contribution in [2.75, 3.05) is 26.4 Å². The molecule has 0 radical (unpaired) electrons. The summed E-state index contributed by atoms with van der Waals surface area (Å²) in [4.78, 5) is 12.4. The number of benzene rings is 1. The fourth-order valence-electron chi connectivity index (χ4n) is 3.14. The third kappa shape index (κ3) is 3.86. The molecule has 140 valence electrons. The van der Waals surface area contributed by atoms with Crippen LogP contribution in [0.25, 0.3) is 5.69 Å². The van der Waals surface area contributed by atoms with E-state index >= 15 is 0 Å². The van der Waals surface area contributed by atoms with E-state index in [1.807, 2.05) is 0 Å². The first-order valence-electron chi connectivity index (χ1n) is 8.51. The highest BCUT2D eigenvalue weighted by Crippen LogP contribution is 2.23. The number of hydrogen-bond acceptors (Lipinski definition) is 5.